The van der Waals surface area contributed by atoms with Gasteiger partial charge in [0.1, 0.15) is 0 Å². The predicted octanol–water partition coefficient (Wildman–Crippen LogP) is 2.32. The van der Waals surface area contributed by atoms with E-state index in [4.69, 9.17) is 0 Å². The minimum Gasteiger partial charge on any atom is -0.352 e. The molecule has 4 rings (SSSR count). The average Bonchev–Trinajstić information content (AvgIpc) is 3.29. The summed E-state index contributed by atoms with van der Waals surface area (Å²) in [6.07, 6.45) is 10.3. The Balaban J connectivity index is 1.35. The van der Waals surface area contributed by atoms with Crippen LogP contribution in [0.2, 0.25) is 0 Å². The van der Waals surface area contributed by atoms with Gasteiger partial charge in [-0.05, 0) is 48.8 Å². The van der Waals surface area contributed by atoms with Crippen LogP contribution in [0.15, 0.2) is 36.8 Å². The Morgan fingerprint density at radius 1 is 1.32 bits per heavy atom. The molecule has 1 amide bonds. The van der Waals surface area contributed by atoms with Crippen LogP contribution in [0.5, 0.6) is 0 Å². The zero-order valence-electron chi connectivity index (χ0n) is 12.5. The van der Waals surface area contributed by atoms with Gasteiger partial charge in [0.05, 0.1) is 0 Å². The summed E-state index contributed by atoms with van der Waals surface area (Å²) in [6, 6.07) is 5.78. The van der Waals surface area contributed by atoms with Gasteiger partial charge < -0.3 is 5.32 Å². The number of nitrogens with zero attached hydrogens (tertiary/aromatic N) is 3. The molecule has 2 fully saturated rings. The third kappa shape index (κ3) is 2.51. The lowest BCUT2D eigenvalue weighted by Crippen LogP contribution is -2.33. The van der Waals surface area contributed by atoms with E-state index in [-0.39, 0.29) is 11.8 Å². The van der Waals surface area contributed by atoms with Gasteiger partial charge in [-0.2, -0.15) is 5.10 Å². The summed E-state index contributed by atoms with van der Waals surface area (Å²) in [7, 11) is 0. The van der Waals surface area contributed by atoms with Gasteiger partial charge in [0.2, 0.25) is 5.91 Å². The van der Waals surface area contributed by atoms with Crippen molar-refractivity contribution < 1.29 is 4.79 Å². The molecule has 2 aliphatic rings. The van der Waals surface area contributed by atoms with Crippen LogP contribution in [-0.4, -0.2) is 20.7 Å². The second-order valence-electron chi connectivity index (χ2n) is 6.47. The zero-order valence-corrected chi connectivity index (χ0v) is 12.5. The van der Waals surface area contributed by atoms with Gasteiger partial charge in [0.15, 0.2) is 5.82 Å². The van der Waals surface area contributed by atoms with Gasteiger partial charge in [0, 0.05) is 31.1 Å². The Hall–Kier alpha value is -2.17. The van der Waals surface area contributed by atoms with Crippen LogP contribution in [0.25, 0.3) is 5.82 Å². The molecule has 0 aromatic carbocycles. The van der Waals surface area contributed by atoms with Crippen LogP contribution >= 0.6 is 0 Å². The molecule has 2 saturated carbocycles. The molecule has 0 saturated heterocycles. The third-order valence-corrected chi connectivity index (χ3v) is 5.09. The lowest BCUT2D eigenvalue weighted by molar-refractivity contribution is -0.126. The molecule has 22 heavy (non-hydrogen) atoms. The molecule has 2 aromatic rings. The number of rotatable bonds is 4. The second-order valence-corrected chi connectivity index (χ2v) is 6.47. The normalized spacial score (nSPS) is 26.3. The molecule has 2 aromatic heterocycles. The van der Waals surface area contributed by atoms with Crippen molar-refractivity contribution in [3.63, 3.8) is 0 Å². The maximum Gasteiger partial charge on any atom is 0.223 e. The fraction of sp³-hybridized carbons (Fsp3) is 0.471. The molecule has 2 heterocycles. The van der Waals surface area contributed by atoms with E-state index in [1.54, 1.807) is 17.1 Å². The van der Waals surface area contributed by atoms with E-state index in [1.165, 1.54) is 19.3 Å². The van der Waals surface area contributed by atoms with E-state index in [0.29, 0.717) is 12.5 Å². The zero-order chi connectivity index (χ0) is 14.9. The predicted molar refractivity (Wildman–Crippen MR) is 82.1 cm³/mol. The highest BCUT2D eigenvalue weighted by Crippen LogP contribution is 2.48. The van der Waals surface area contributed by atoms with Crippen LogP contribution in [0.4, 0.5) is 0 Å². The Morgan fingerprint density at radius 3 is 2.91 bits per heavy atom. The number of hydrogen-bond acceptors (Lipinski definition) is 3. The van der Waals surface area contributed by atoms with Crippen molar-refractivity contribution in [3.05, 3.63) is 42.4 Å². The van der Waals surface area contributed by atoms with Crippen LogP contribution in [0, 0.1) is 17.8 Å². The quantitative estimate of drug-likeness (QED) is 0.942. The summed E-state index contributed by atoms with van der Waals surface area (Å²) >= 11 is 0. The van der Waals surface area contributed by atoms with Crippen LogP contribution in [0.3, 0.4) is 0 Å². The highest BCUT2D eigenvalue weighted by Gasteiger charge is 2.42. The van der Waals surface area contributed by atoms with E-state index in [2.05, 4.69) is 15.4 Å². The number of aromatic nitrogens is 3. The Morgan fingerprint density at radius 2 is 2.27 bits per heavy atom. The van der Waals surface area contributed by atoms with E-state index < -0.39 is 0 Å². The first-order chi connectivity index (χ1) is 10.8. The summed E-state index contributed by atoms with van der Waals surface area (Å²) in [6.45, 7) is 0.555. The number of pyridine rings is 1. The van der Waals surface area contributed by atoms with Crippen molar-refractivity contribution in [3.8, 4) is 5.82 Å². The van der Waals surface area contributed by atoms with Gasteiger partial charge in [-0.15, -0.1) is 0 Å². The topological polar surface area (TPSA) is 59.8 Å². The highest BCUT2D eigenvalue weighted by atomic mass is 16.1. The van der Waals surface area contributed by atoms with Crippen molar-refractivity contribution in [1.29, 1.82) is 0 Å². The van der Waals surface area contributed by atoms with Gasteiger partial charge in [-0.1, -0.05) is 12.5 Å². The van der Waals surface area contributed by atoms with Gasteiger partial charge in [-0.25, -0.2) is 9.67 Å². The van der Waals surface area contributed by atoms with E-state index in [9.17, 15) is 4.79 Å². The molecule has 3 atom stereocenters. The lowest BCUT2D eigenvalue weighted by Gasteiger charge is -2.20. The minimum absolute atomic E-state index is 0.225. The van der Waals surface area contributed by atoms with Gasteiger partial charge >= 0.3 is 0 Å². The van der Waals surface area contributed by atoms with Crippen molar-refractivity contribution in [2.75, 3.05) is 0 Å². The molecule has 114 valence electrons. The summed E-state index contributed by atoms with van der Waals surface area (Å²) in [5, 5.41) is 7.23. The number of hydrogen-bond donors (Lipinski definition) is 1. The molecule has 0 aliphatic heterocycles. The fourth-order valence-corrected chi connectivity index (χ4v) is 3.95. The number of nitrogens with one attached hydrogen (secondary N) is 1. The van der Waals surface area contributed by atoms with Crippen molar-refractivity contribution in [2.45, 2.75) is 32.2 Å². The average molecular weight is 296 g/mol. The molecule has 0 radical (unpaired) electrons. The molecule has 0 unspecified atom stereocenters. The Kier molecular flexibility index (Phi) is 3.41. The highest BCUT2D eigenvalue weighted by molar-refractivity contribution is 5.79. The molecule has 0 spiro atoms. The molecular formula is C17H20N4O. The first-order valence-electron chi connectivity index (χ1n) is 8.02. The largest absolute Gasteiger partial charge is 0.352 e. The summed E-state index contributed by atoms with van der Waals surface area (Å²) in [4.78, 5) is 16.7. The van der Waals surface area contributed by atoms with Crippen LogP contribution in [-0.2, 0) is 11.3 Å². The molecule has 5 nitrogen and oxygen atoms in total. The first-order valence-corrected chi connectivity index (χ1v) is 8.02. The maximum atomic E-state index is 12.3. The van der Waals surface area contributed by atoms with E-state index in [0.717, 1.165) is 23.7 Å². The molecular weight excluding hydrogens is 276 g/mol. The number of fused-ring (bicyclic) bond motifs is 2. The standard InChI is InChI=1S/C17H20N4O/c22-17(15-9-12-2-4-14(15)8-12)19-11-13-3-5-16(18-10-13)21-7-1-6-20-21/h1,3,5-7,10,12,14-15H,2,4,8-9,11H2,(H,19,22)/t12-,14-,15-/m0/s1. The van der Waals surface area contributed by atoms with Gasteiger partial charge in [0.25, 0.3) is 0 Å². The maximum absolute atomic E-state index is 12.3. The molecule has 1 N–H and O–H groups in total. The SMILES string of the molecule is O=C(NCc1ccc(-n2cccn2)nc1)[C@H]1C[C@H]2CC[C@H]1C2. The summed E-state index contributed by atoms with van der Waals surface area (Å²) in [5.74, 6) is 2.69. The number of carbonyl (C=O) groups is 1. The lowest BCUT2D eigenvalue weighted by atomic mass is 9.88. The summed E-state index contributed by atoms with van der Waals surface area (Å²) < 4.78 is 1.72. The molecule has 2 bridgehead atoms. The minimum atomic E-state index is 0.225. The second kappa shape index (κ2) is 5.55. The third-order valence-electron chi connectivity index (χ3n) is 5.09. The summed E-state index contributed by atoms with van der Waals surface area (Å²) in [5.41, 5.74) is 1.02. The Labute approximate surface area is 129 Å². The van der Waals surface area contributed by atoms with Crippen molar-refractivity contribution in [2.24, 2.45) is 17.8 Å². The van der Waals surface area contributed by atoms with Gasteiger partial charge in [-0.3, -0.25) is 4.79 Å². The van der Waals surface area contributed by atoms with E-state index >= 15 is 0 Å². The van der Waals surface area contributed by atoms with Crippen LogP contribution in [0.1, 0.15) is 31.2 Å². The fourth-order valence-electron chi connectivity index (χ4n) is 3.95. The number of carbonyl (C=O) groups excluding carboxylic acids is 1. The Bertz CT molecular complexity index is 650. The van der Waals surface area contributed by atoms with E-state index in [1.807, 2.05) is 24.4 Å². The monoisotopic (exact) mass is 296 g/mol. The van der Waals surface area contributed by atoms with Crippen LogP contribution < -0.4 is 5.32 Å². The molecule has 5 heteroatoms. The molecule has 2 aliphatic carbocycles. The first kappa shape index (κ1) is 13.5. The smallest absolute Gasteiger partial charge is 0.223 e. The van der Waals surface area contributed by atoms with Crippen molar-refractivity contribution >= 4 is 5.91 Å². The van der Waals surface area contributed by atoms with Crippen molar-refractivity contribution in [1.82, 2.24) is 20.1 Å². The number of amides is 1.